The van der Waals surface area contributed by atoms with Crippen LogP contribution >= 0.6 is 11.8 Å². The smallest absolute Gasteiger partial charge is 0.284 e. The number of halogens is 3. The molecule has 2 rings (SSSR count). The van der Waals surface area contributed by atoms with E-state index < -0.39 is 5.76 Å². The summed E-state index contributed by atoms with van der Waals surface area (Å²) in [7, 11) is 0. The average Bonchev–Trinajstić information content (AvgIpc) is 2.84. The third-order valence-corrected chi connectivity index (χ3v) is 3.08. The summed E-state index contributed by atoms with van der Waals surface area (Å²) < 4.78 is 42.1. The Kier molecular flexibility index (Phi) is 4.79. The van der Waals surface area contributed by atoms with Gasteiger partial charge in [0, 0.05) is 5.69 Å². The van der Waals surface area contributed by atoms with Gasteiger partial charge in [-0.1, -0.05) is 11.8 Å². The number of nitrogens with one attached hydrogen (secondary N) is 1. The van der Waals surface area contributed by atoms with E-state index in [9.17, 15) is 13.2 Å². The molecule has 0 radical (unpaired) electrons. The highest BCUT2D eigenvalue weighted by atomic mass is 32.2. The molecule has 1 N–H and O–H groups in total. The Morgan fingerprint density at radius 1 is 1.05 bits per heavy atom. The van der Waals surface area contributed by atoms with Crippen LogP contribution in [-0.4, -0.2) is 5.76 Å². The minimum atomic E-state index is -2.40. The quantitative estimate of drug-likeness (QED) is 0.847. The zero-order chi connectivity index (χ0) is 13.7. The number of thioether (sulfide) groups is 1. The first-order valence-electron chi connectivity index (χ1n) is 5.60. The molecule has 0 spiro atoms. The fourth-order valence-corrected chi connectivity index (χ4v) is 1.94. The Hall–Kier alpha value is -1.56. The van der Waals surface area contributed by atoms with E-state index in [1.54, 1.807) is 24.3 Å². The highest BCUT2D eigenvalue weighted by molar-refractivity contribution is 7.98. The molecule has 0 aliphatic rings. The molecule has 102 valence electrons. The standard InChI is InChI=1S/C13H12F3NOS/c14-9-1-3-10(4-2-9)17-7-11-5-6-12(18-11)8-19-13(15)16/h1-6,13,17H,7-8H2. The summed E-state index contributed by atoms with van der Waals surface area (Å²) in [6.45, 7) is 0.422. The third-order valence-electron chi connectivity index (χ3n) is 2.38. The maximum Gasteiger partial charge on any atom is 0.284 e. The van der Waals surface area contributed by atoms with Crippen molar-refractivity contribution >= 4 is 17.4 Å². The van der Waals surface area contributed by atoms with Crippen LogP contribution in [0.5, 0.6) is 0 Å². The lowest BCUT2D eigenvalue weighted by Crippen LogP contribution is -1.97. The minimum absolute atomic E-state index is 0.147. The summed E-state index contributed by atoms with van der Waals surface area (Å²) in [5.74, 6) is -1.38. The van der Waals surface area contributed by atoms with Crippen LogP contribution in [-0.2, 0) is 12.3 Å². The number of anilines is 1. The number of rotatable bonds is 6. The lowest BCUT2D eigenvalue weighted by molar-refractivity contribution is 0.251. The number of alkyl halides is 2. The van der Waals surface area contributed by atoms with Crippen LogP contribution in [0.3, 0.4) is 0 Å². The summed E-state index contributed by atoms with van der Waals surface area (Å²) >= 11 is 0.525. The monoisotopic (exact) mass is 287 g/mol. The Morgan fingerprint density at radius 3 is 2.42 bits per heavy atom. The van der Waals surface area contributed by atoms with E-state index in [0.717, 1.165) is 5.69 Å². The average molecular weight is 287 g/mol. The number of hydrogen-bond donors (Lipinski definition) is 1. The van der Waals surface area contributed by atoms with Crippen molar-refractivity contribution in [1.29, 1.82) is 0 Å². The van der Waals surface area contributed by atoms with Crippen molar-refractivity contribution in [2.24, 2.45) is 0 Å². The maximum absolute atomic E-state index is 12.7. The molecule has 0 saturated carbocycles. The highest BCUT2D eigenvalue weighted by Crippen LogP contribution is 2.21. The first-order valence-corrected chi connectivity index (χ1v) is 6.65. The lowest BCUT2D eigenvalue weighted by Gasteiger charge is -2.03. The van der Waals surface area contributed by atoms with E-state index in [2.05, 4.69) is 5.32 Å². The Balaban J connectivity index is 1.84. The number of benzene rings is 1. The Labute approximate surface area is 113 Å². The first-order chi connectivity index (χ1) is 9.13. The molecule has 0 unspecified atom stereocenters. The molecule has 19 heavy (non-hydrogen) atoms. The second-order valence-electron chi connectivity index (χ2n) is 3.80. The molecule has 1 aromatic carbocycles. The van der Waals surface area contributed by atoms with Gasteiger partial charge >= 0.3 is 0 Å². The summed E-state index contributed by atoms with van der Waals surface area (Å²) in [6, 6.07) is 9.36. The molecule has 0 aliphatic heterocycles. The summed E-state index contributed by atoms with van der Waals surface area (Å²) in [5, 5.41) is 3.05. The Bertz CT molecular complexity index is 513. The van der Waals surface area contributed by atoms with E-state index in [4.69, 9.17) is 4.42 Å². The van der Waals surface area contributed by atoms with E-state index in [0.29, 0.717) is 29.8 Å². The molecule has 2 aromatic rings. The molecule has 0 amide bonds. The van der Waals surface area contributed by atoms with Crippen molar-refractivity contribution < 1.29 is 17.6 Å². The van der Waals surface area contributed by atoms with Crippen LogP contribution in [0.25, 0.3) is 0 Å². The van der Waals surface area contributed by atoms with Crippen molar-refractivity contribution in [3.63, 3.8) is 0 Å². The summed E-state index contributed by atoms with van der Waals surface area (Å²) in [6.07, 6.45) is 0. The van der Waals surface area contributed by atoms with Gasteiger partial charge in [-0.3, -0.25) is 0 Å². The third kappa shape index (κ3) is 4.55. The predicted octanol–water partition coefficient (Wildman–Crippen LogP) is 4.49. The van der Waals surface area contributed by atoms with Crippen molar-refractivity contribution in [3.05, 3.63) is 53.7 Å². The second-order valence-corrected chi connectivity index (χ2v) is 4.78. The van der Waals surface area contributed by atoms with Crippen LogP contribution in [0.1, 0.15) is 11.5 Å². The van der Waals surface area contributed by atoms with E-state index in [1.165, 1.54) is 12.1 Å². The van der Waals surface area contributed by atoms with Gasteiger partial charge < -0.3 is 9.73 Å². The highest BCUT2D eigenvalue weighted by Gasteiger charge is 2.07. The zero-order valence-electron chi connectivity index (χ0n) is 9.91. The number of hydrogen-bond acceptors (Lipinski definition) is 3. The molecule has 0 aliphatic carbocycles. The molecule has 1 aromatic heterocycles. The normalized spacial score (nSPS) is 10.9. The van der Waals surface area contributed by atoms with Crippen LogP contribution in [0.4, 0.5) is 18.9 Å². The molecule has 6 heteroatoms. The van der Waals surface area contributed by atoms with Crippen molar-refractivity contribution in [3.8, 4) is 0 Å². The maximum atomic E-state index is 12.7. The lowest BCUT2D eigenvalue weighted by atomic mass is 10.3. The van der Waals surface area contributed by atoms with Gasteiger partial charge in [-0.25, -0.2) is 4.39 Å². The van der Waals surface area contributed by atoms with Crippen LogP contribution < -0.4 is 5.32 Å². The molecule has 0 bridgehead atoms. The van der Waals surface area contributed by atoms with Gasteiger partial charge in [0.1, 0.15) is 17.3 Å². The van der Waals surface area contributed by atoms with Gasteiger partial charge in [0.05, 0.1) is 12.3 Å². The topological polar surface area (TPSA) is 25.2 Å². The summed E-state index contributed by atoms with van der Waals surface area (Å²) in [5.41, 5.74) is 0.765. The molecule has 2 nitrogen and oxygen atoms in total. The first kappa shape index (κ1) is 13.9. The molecule has 0 fully saturated rings. The van der Waals surface area contributed by atoms with Crippen LogP contribution in [0.2, 0.25) is 0 Å². The van der Waals surface area contributed by atoms with Crippen molar-refractivity contribution in [2.45, 2.75) is 18.1 Å². The zero-order valence-corrected chi connectivity index (χ0v) is 10.7. The van der Waals surface area contributed by atoms with Crippen molar-refractivity contribution in [1.82, 2.24) is 0 Å². The van der Waals surface area contributed by atoms with Gasteiger partial charge in [0.25, 0.3) is 5.76 Å². The van der Waals surface area contributed by atoms with Crippen LogP contribution in [0, 0.1) is 5.82 Å². The molecule has 0 atom stereocenters. The molecule has 1 heterocycles. The number of furan rings is 1. The predicted molar refractivity (Wildman–Crippen MR) is 69.7 cm³/mol. The SMILES string of the molecule is Fc1ccc(NCc2ccc(CSC(F)F)o2)cc1. The van der Waals surface area contributed by atoms with Gasteiger partial charge in [0.2, 0.25) is 0 Å². The fraction of sp³-hybridized carbons (Fsp3) is 0.231. The summed E-state index contributed by atoms with van der Waals surface area (Å²) in [4.78, 5) is 0. The van der Waals surface area contributed by atoms with Crippen molar-refractivity contribution in [2.75, 3.05) is 5.32 Å². The van der Waals surface area contributed by atoms with E-state index in [-0.39, 0.29) is 11.6 Å². The van der Waals surface area contributed by atoms with Gasteiger partial charge in [-0.05, 0) is 36.4 Å². The van der Waals surface area contributed by atoms with Gasteiger partial charge in [-0.15, -0.1) is 0 Å². The van der Waals surface area contributed by atoms with Gasteiger partial charge in [-0.2, -0.15) is 8.78 Å². The van der Waals surface area contributed by atoms with Gasteiger partial charge in [0.15, 0.2) is 0 Å². The molecular formula is C13H12F3NOS. The molecule has 0 saturated heterocycles. The Morgan fingerprint density at radius 2 is 1.74 bits per heavy atom. The van der Waals surface area contributed by atoms with Crippen LogP contribution in [0.15, 0.2) is 40.8 Å². The van der Waals surface area contributed by atoms with E-state index >= 15 is 0 Å². The second kappa shape index (κ2) is 6.56. The molecular weight excluding hydrogens is 275 g/mol. The van der Waals surface area contributed by atoms with E-state index in [1.807, 2.05) is 0 Å². The largest absolute Gasteiger partial charge is 0.463 e. The fourth-order valence-electron chi connectivity index (χ4n) is 1.50. The minimum Gasteiger partial charge on any atom is -0.463 e.